The molecular weight excluding hydrogens is 667 g/mol. The number of hydrogen-bond acceptors (Lipinski definition) is 4. The van der Waals surface area contributed by atoms with Gasteiger partial charge in [0.25, 0.3) is 0 Å². The van der Waals surface area contributed by atoms with E-state index in [1.54, 1.807) is 0 Å². The minimum absolute atomic E-state index is 0.292. The summed E-state index contributed by atoms with van der Waals surface area (Å²) in [4.78, 5) is 6.86. The summed E-state index contributed by atoms with van der Waals surface area (Å²) in [5, 5.41) is 14.6. The molecule has 0 amide bonds. The molecule has 4 nitrogen and oxygen atoms in total. The van der Waals surface area contributed by atoms with E-state index in [0.717, 1.165) is 50.2 Å². The number of furan rings is 1. The van der Waals surface area contributed by atoms with Gasteiger partial charge in [-0.25, -0.2) is 4.99 Å². The van der Waals surface area contributed by atoms with Crippen LogP contribution in [0.25, 0.3) is 86.5 Å². The number of hydrogen-bond donors (Lipinski definition) is 1. The van der Waals surface area contributed by atoms with Crippen molar-refractivity contribution < 1.29 is 4.42 Å². The number of aliphatic imine (C=N–C) groups is 1. The molecule has 1 unspecified atom stereocenters. The number of nitrogens with zero attached hydrogens (tertiary/aromatic N) is 2. The first-order valence-electron chi connectivity index (χ1n) is 18.0. The Balaban J connectivity index is 1.15. The predicted octanol–water partition coefficient (Wildman–Crippen LogP) is 13.3. The van der Waals surface area contributed by atoms with Crippen LogP contribution >= 0.6 is 11.3 Å². The Morgan fingerprint density at radius 1 is 0.566 bits per heavy atom. The van der Waals surface area contributed by atoms with Crippen LogP contribution in [0.5, 0.6) is 0 Å². The van der Waals surface area contributed by atoms with Crippen molar-refractivity contribution in [3.8, 4) is 11.1 Å². The molecule has 3 aromatic heterocycles. The molecule has 0 fully saturated rings. The fourth-order valence-corrected chi connectivity index (χ4v) is 9.89. The number of rotatable bonds is 2. The van der Waals surface area contributed by atoms with Crippen LogP contribution < -0.4 is 5.32 Å². The van der Waals surface area contributed by atoms with E-state index in [9.17, 15) is 0 Å². The summed E-state index contributed by atoms with van der Waals surface area (Å²) < 4.78 is 10.6. The monoisotopic (exact) mass is 695 g/mol. The van der Waals surface area contributed by atoms with Crippen LogP contribution in [0.15, 0.2) is 173 Å². The molecule has 1 aliphatic heterocycles. The summed E-state index contributed by atoms with van der Waals surface area (Å²) in [5.74, 6) is 0.803. The van der Waals surface area contributed by atoms with E-state index >= 15 is 0 Å². The quantitative estimate of drug-likeness (QED) is 0.196. The van der Waals surface area contributed by atoms with Crippen molar-refractivity contribution in [1.29, 1.82) is 0 Å². The molecule has 0 spiro atoms. The molecular formula is C48H29N3OS. The maximum Gasteiger partial charge on any atom is 0.208 e. The molecule has 1 aliphatic rings. The average Bonchev–Trinajstić information content (AvgIpc) is 3.89. The van der Waals surface area contributed by atoms with E-state index in [4.69, 9.17) is 9.41 Å². The summed E-state index contributed by atoms with van der Waals surface area (Å²) >= 11 is 1.81. The van der Waals surface area contributed by atoms with Crippen LogP contribution in [0.3, 0.4) is 0 Å². The first-order chi connectivity index (χ1) is 26.3. The van der Waals surface area contributed by atoms with Crippen LogP contribution in [0, 0.1) is 0 Å². The van der Waals surface area contributed by atoms with E-state index in [-0.39, 0.29) is 6.04 Å². The predicted molar refractivity (Wildman–Crippen MR) is 224 cm³/mol. The van der Waals surface area contributed by atoms with Crippen molar-refractivity contribution in [3.63, 3.8) is 0 Å². The van der Waals surface area contributed by atoms with Gasteiger partial charge < -0.3 is 9.73 Å². The summed E-state index contributed by atoms with van der Waals surface area (Å²) in [6.45, 7) is 0. The third-order valence-electron chi connectivity index (χ3n) is 11.0. The molecule has 248 valence electrons. The topological polar surface area (TPSA) is 42.5 Å². The number of thiophene rings is 1. The molecule has 4 heterocycles. The van der Waals surface area contributed by atoms with Crippen LogP contribution in [-0.2, 0) is 0 Å². The third-order valence-corrected chi connectivity index (χ3v) is 12.2. The van der Waals surface area contributed by atoms with Gasteiger partial charge in [-0.3, -0.25) is 4.57 Å². The Bertz CT molecular complexity index is 3330. The first-order valence-corrected chi connectivity index (χ1v) is 18.8. The number of benzene rings is 8. The van der Waals surface area contributed by atoms with Crippen molar-refractivity contribution in [2.75, 3.05) is 5.32 Å². The number of para-hydroxylation sites is 2. The Morgan fingerprint density at radius 3 is 2.13 bits per heavy atom. The lowest BCUT2D eigenvalue weighted by Gasteiger charge is -2.24. The lowest BCUT2D eigenvalue weighted by molar-refractivity contribution is 0.658. The Morgan fingerprint density at radius 2 is 1.26 bits per heavy atom. The SMILES string of the molecule is c1ccc(-c2cc3oc4c(C5N=C(n6c7ccccc7c7cc8ccccc8cc76)Nc6c5sc5ccccc65)cccc4c3c3ccccc23)cc1. The van der Waals surface area contributed by atoms with Crippen molar-refractivity contribution in [1.82, 2.24) is 4.57 Å². The first kappa shape index (κ1) is 28.9. The Hall–Kier alpha value is -6.69. The Kier molecular flexibility index (Phi) is 5.96. The average molecular weight is 696 g/mol. The molecule has 1 N–H and O–H groups in total. The molecule has 0 saturated heterocycles. The van der Waals surface area contributed by atoms with Crippen LogP contribution in [-0.4, -0.2) is 10.5 Å². The fraction of sp³-hybridized carbons (Fsp3) is 0.0208. The zero-order valence-corrected chi connectivity index (χ0v) is 29.2. The largest absolute Gasteiger partial charge is 0.456 e. The molecule has 11 aromatic rings. The lowest BCUT2D eigenvalue weighted by atomic mass is 9.94. The maximum atomic E-state index is 7.02. The van der Waals surface area contributed by atoms with Crippen LogP contribution in [0.1, 0.15) is 16.5 Å². The van der Waals surface area contributed by atoms with Gasteiger partial charge in [0.2, 0.25) is 5.96 Å². The number of anilines is 1. The standard InChI is InChI=1S/C48H29N3OS/c1-2-13-28(14-3-1)37-27-41-43(33-19-7-6-17-31(33)37)35-21-12-22-36(46(35)52-41)45-47-44(34-20-9-11-24-42(34)53-47)49-48(50-45)51-39-23-10-8-18-32(39)38-25-29-15-4-5-16-30(29)26-40(38)51/h1-27,45H,(H,49,50). The molecule has 0 bridgehead atoms. The number of nitrogens with one attached hydrogen (secondary N) is 1. The highest BCUT2D eigenvalue weighted by Gasteiger charge is 2.32. The zero-order chi connectivity index (χ0) is 34.6. The summed E-state index contributed by atoms with van der Waals surface area (Å²) in [7, 11) is 0. The summed E-state index contributed by atoms with van der Waals surface area (Å²) in [6.07, 6.45) is 0. The molecule has 12 rings (SSSR count). The van der Waals surface area contributed by atoms with Crippen molar-refractivity contribution >= 4 is 98.4 Å². The minimum Gasteiger partial charge on any atom is -0.456 e. The Labute approximate surface area is 307 Å². The highest BCUT2D eigenvalue weighted by atomic mass is 32.1. The number of aromatic nitrogens is 1. The van der Waals surface area contributed by atoms with Gasteiger partial charge in [-0.15, -0.1) is 11.3 Å². The fourth-order valence-electron chi connectivity index (χ4n) is 8.67. The molecule has 5 heteroatoms. The summed E-state index contributed by atoms with van der Waals surface area (Å²) in [5.41, 5.74) is 8.51. The van der Waals surface area contributed by atoms with Gasteiger partial charge in [0.05, 0.1) is 21.6 Å². The molecule has 0 saturated carbocycles. The zero-order valence-electron chi connectivity index (χ0n) is 28.4. The van der Waals surface area contributed by atoms with Gasteiger partial charge >= 0.3 is 0 Å². The van der Waals surface area contributed by atoms with Crippen molar-refractivity contribution in [2.45, 2.75) is 6.04 Å². The molecule has 0 radical (unpaired) electrons. The van der Waals surface area contributed by atoms with Gasteiger partial charge in [-0.2, -0.15) is 0 Å². The van der Waals surface area contributed by atoms with E-state index in [2.05, 4.69) is 174 Å². The smallest absolute Gasteiger partial charge is 0.208 e. The summed E-state index contributed by atoms with van der Waals surface area (Å²) in [6, 6.07) is 58.4. The van der Waals surface area contributed by atoms with Crippen molar-refractivity contribution in [2.24, 2.45) is 4.99 Å². The van der Waals surface area contributed by atoms with Gasteiger partial charge in [0, 0.05) is 37.2 Å². The third kappa shape index (κ3) is 4.14. The van der Waals surface area contributed by atoms with Crippen molar-refractivity contribution in [3.05, 3.63) is 174 Å². The highest BCUT2D eigenvalue weighted by molar-refractivity contribution is 7.20. The van der Waals surface area contributed by atoms with E-state index < -0.39 is 0 Å². The van der Waals surface area contributed by atoms with Gasteiger partial charge in [-0.05, 0) is 63.0 Å². The lowest BCUT2D eigenvalue weighted by Crippen LogP contribution is -2.26. The molecule has 53 heavy (non-hydrogen) atoms. The normalized spacial score (nSPS) is 14.5. The second kappa shape index (κ2) is 10.9. The van der Waals surface area contributed by atoms with Gasteiger partial charge in [0.15, 0.2) is 0 Å². The van der Waals surface area contributed by atoms with E-state index in [1.165, 1.54) is 58.4 Å². The molecule has 1 atom stereocenters. The van der Waals surface area contributed by atoms with Gasteiger partial charge in [-0.1, -0.05) is 133 Å². The minimum atomic E-state index is -0.292. The molecule has 8 aromatic carbocycles. The second-order valence-electron chi connectivity index (χ2n) is 13.9. The number of fused-ring (bicyclic) bond motifs is 12. The van der Waals surface area contributed by atoms with Gasteiger partial charge in [0.1, 0.15) is 17.2 Å². The van der Waals surface area contributed by atoms with Crippen LogP contribution in [0.4, 0.5) is 5.69 Å². The molecule has 0 aliphatic carbocycles. The van der Waals surface area contributed by atoms with Crippen LogP contribution in [0.2, 0.25) is 0 Å². The van der Waals surface area contributed by atoms with E-state index in [0.29, 0.717) is 0 Å². The maximum absolute atomic E-state index is 7.02. The highest BCUT2D eigenvalue weighted by Crippen LogP contribution is 2.49. The second-order valence-corrected chi connectivity index (χ2v) is 15.0. The van der Waals surface area contributed by atoms with E-state index in [1.807, 2.05) is 11.3 Å².